The molecule has 31 heavy (non-hydrogen) atoms. The number of alkyl halides is 3. The van der Waals surface area contributed by atoms with Crippen LogP contribution in [0, 0.1) is 29.9 Å². The molecule has 0 fully saturated rings. The number of nitrogens with zero attached hydrogens (tertiary/aromatic N) is 4. The summed E-state index contributed by atoms with van der Waals surface area (Å²) in [7, 11) is 0. The fraction of sp³-hybridized carbons (Fsp3) is 0.0952. The van der Waals surface area contributed by atoms with Crippen LogP contribution in [0.1, 0.15) is 16.8 Å². The first-order valence-corrected chi connectivity index (χ1v) is 8.86. The lowest BCUT2D eigenvalue weighted by Crippen LogP contribution is -2.08. The van der Waals surface area contributed by atoms with Crippen molar-refractivity contribution in [2.75, 3.05) is 5.32 Å². The molecule has 0 saturated carbocycles. The van der Waals surface area contributed by atoms with Crippen molar-refractivity contribution in [3.05, 3.63) is 77.1 Å². The number of nitrogens with one attached hydrogen (secondary N) is 1. The minimum absolute atomic E-state index is 0.0138. The number of pyridine rings is 2. The number of halogens is 5. The molecule has 1 N–H and O–H groups in total. The molecule has 0 unspecified atom stereocenters. The Morgan fingerprint density at radius 3 is 2.48 bits per heavy atom. The molecular formula is C21H12F5N5. The van der Waals surface area contributed by atoms with Gasteiger partial charge in [0.2, 0.25) is 0 Å². The minimum Gasteiger partial charge on any atom is -0.340 e. The second-order valence-electron chi connectivity index (χ2n) is 6.68. The molecule has 0 amide bonds. The number of nitriles is 1. The zero-order chi connectivity index (χ0) is 22.3. The number of hydrogen-bond acceptors (Lipinski definition) is 4. The Hall–Kier alpha value is -4.00. The van der Waals surface area contributed by atoms with Crippen molar-refractivity contribution in [3.63, 3.8) is 0 Å². The van der Waals surface area contributed by atoms with Gasteiger partial charge in [-0.3, -0.25) is 4.40 Å². The highest BCUT2D eigenvalue weighted by Gasteiger charge is 2.33. The van der Waals surface area contributed by atoms with Gasteiger partial charge in [0.15, 0.2) is 0 Å². The van der Waals surface area contributed by atoms with Crippen LogP contribution >= 0.6 is 0 Å². The summed E-state index contributed by atoms with van der Waals surface area (Å²) < 4.78 is 67.4. The van der Waals surface area contributed by atoms with Gasteiger partial charge in [0, 0.05) is 11.9 Å². The molecule has 0 saturated heterocycles. The summed E-state index contributed by atoms with van der Waals surface area (Å²) in [6.07, 6.45) is -3.59. The van der Waals surface area contributed by atoms with Crippen LogP contribution in [0.2, 0.25) is 0 Å². The van der Waals surface area contributed by atoms with Gasteiger partial charge in [-0.25, -0.2) is 18.7 Å². The molecule has 5 nitrogen and oxygen atoms in total. The van der Waals surface area contributed by atoms with E-state index in [1.165, 1.54) is 34.9 Å². The average molecular weight is 429 g/mol. The number of rotatable bonds is 3. The Labute approximate surface area is 172 Å². The first-order chi connectivity index (χ1) is 14.7. The van der Waals surface area contributed by atoms with Gasteiger partial charge in [0.05, 0.1) is 34.3 Å². The van der Waals surface area contributed by atoms with Crippen LogP contribution in [0.15, 0.2) is 48.7 Å². The molecule has 3 heterocycles. The SMILES string of the molecule is Cc1nc2ccc(F)cn2c1-c1cc(C#N)cc(Nc2ccc(C(F)(F)F)c(F)c2)n1. The van der Waals surface area contributed by atoms with Crippen molar-refractivity contribution in [1.82, 2.24) is 14.4 Å². The summed E-state index contributed by atoms with van der Waals surface area (Å²) >= 11 is 0. The van der Waals surface area contributed by atoms with E-state index >= 15 is 0 Å². The third-order valence-electron chi connectivity index (χ3n) is 4.50. The van der Waals surface area contributed by atoms with Crippen LogP contribution in [0.5, 0.6) is 0 Å². The summed E-state index contributed by atoms with van der Waals surface area (Å²) in [6.45, 7) is 1.69. The molecule has 10 heteroatoms. The molecule has 4 rings (SSSR count). The van der Waals surface area contributed by atoms with Gasteiger partial charge < -0.3 is 5.32 Å². The molecule has 156 valence electrons. The van der Waals surface area contributed by atoms with E-state index < -0.39 is 23.4 Å². The number of fused-ring (bicyclic) bond motifs is 1. The number of anilines is 2. The smallest absolute Gasteiger partial charge is 0.340 e. The molecule has 0 bridgehead atoms. The quantitative estimate of drug-likeness (QED) is 0.430. The maximum atomic E-state index is 13.9. The summed E-state index contributed by atoms with van der Waals surface area (Å²) in [5.41, 5.74) is 0.529. The van der Waals surface area contributed by atoms with Crippen LogP contribution in [0.4, 0.5) is 33.5 Å². The van der Waals surface area contributed by atoms with Gasteiger partial charge >= 0.3 is 6.18 Å². The van der Waals surface area contributed by atoms with Gasteiger partial charge in [-0.05, 0) is 49.4 Å². The van der Waals surface area contributed by atoms with Crippen LogP contribution in [-0.2, 0) is 6.18 Å². The summed E-state index contributed by atoms with van der Waals surface area (Å²) in [6, 6.07) is 9.92. The van der Waals surface area contributed by atoms with Crippen LogP contribution in [0.25, 0.3) is 17.0 Å². The Bertz CT molecular complexity index is 1350. The maximum absolute atomic E-state index is 13.9. The lowest BCUT2D eigenvalue weighted by Gasteiger charge is -2.12. The minimum atomic E-state index is -4.81. The van der Waals surface area contributed by atoms with Crippen LogP contribution in [0.3, 0.4) is 0 Å². The standard InChI is InChI=1S/C21H12F5N5/c1-11-20(31-10-13(22)2-5-19(31)28-11)17-6-12(9-27)7-18(30-17)29-14-3-4-15(16(23)8-14)21(24,25)26/h2-8,10H,1H3,(H,29,30). The lowest BCUT2D eigenvalue weighted by atomic mass is 10.1. The molecule has 4 aromatic rings. The fourth-order valence-electron chi connectivity index (χ4n) is 3.20. The molecule has 0 atom stereocenters. The number of benzene rings is 1. The largest absolute Gasteiger partial charge is 0.419 e. The van der Waals surface area contributed by atoms with Crippen molar-refractivity contribution < 1.29 is 22.0 Å². The number of imidazole rings is 1. The second-order valence-corrected chi connectivity index (χ2v) is 6.68. The Kier molecular flexibility index (Phi) is 4.81. The zero-order valence-electron chi connectivity index (χ0n) is 15.8. The number of hydrogen-bond donors (Lipinski definition) is 1. The molecule has 1 aromatic carbocycles. The van der Waals surface area contributed by atoms with E-state index in [2.05, 4.69) is 15.3 Å². The Morgan fingerprint density at radius 2 is 1.81 bits per heavy atom. The third-order valence-corrected chi connectivity index (χ3v) is 4.50. The summed E-state index contributed by atoms with van der Waals surface area (Å²) in [4.78, 5) is 8.71. The molecule has 0 aliphatic rings. The number of aryl methyl sites for hydroxylation is 1. The lowest BCUT2D eigenvalue weighted by molar-refractivity contribution is -0.139. The van der Waals surface area contributed by atoms with Crippen molar-refractivity contribution in [2.45, 2.75) is 13.1 Å². The first kappa shape index (κ1) is 20.3. The van der Waals surface area contributed by atoms with E-state index in [1.54, 1.807) is 6.92 Å². The normalized spacial score (nSPS) is 11.5. The van der Waals surface area contributed by atoms with Crippen molar-refractivity contribution in [1.29, 1.82) is 5.26 Å². The van der Waals surface area contributed by atoms with Crippen molar-refractivity contribution >= 4 is 17.2 Å². The van der Waals surface area contributed by atoms with Crippen molar-refractivity contribution in [2.24, 2.45) is 0 Å². The average Bonchev–Trinajstić information content (AvgIpc) is 3.01. The van der Waals surface area contributed by atoms with E-state index in [4.69, 9.17) is 0 Å². The summed E-state index contributed by atoms with van der Waals surface area (Å²) in [5.74, 6) is -1.85. The molecule has 3 aromatic heterocycles. The van der Waals surface area contributed by atoms with E-state index in [-0.39, 0.29) is 22.8 Å². The predicted molar refractivity (Wildman–Crippen MR) is 103 cm³/mol. The number of aromatic nitrogens is 3. The predicted octanol–water partition coefficient (Wildman–Crippen LogP) is 5.62. The van der Waals surface area contributed by atoms with Crippen LogP contribution < -0.4 is 5.32 Å². The Balaban J connectivity index is 1.78. The topological polar surface area (TPSA) is 66.0 Å². The van der Waals surface area contributed by atoms with Gasteiger partial charge in [0.1, 0.15) is 23.1 Å². The van der Waals surface area contributed by atoms with Gasteiger partial charge in [-0.15, -0.1) is 0 Å². The third kappa shape index (κ3) is 3.90. The second kappa shape index (κ2) is 7.36. The molecule has 0 radical (unpaired) electrons. The van der Waals surface area contributed by atoms with E-state index in [0.29, 0.717) is 29.2 Å². The van der Waals surface area contributed by atoms with Gasteiger partial charge in [-0.2, -0.15) is 18.4 Å². The highest BCUT2D eigenvalue weighted by molar-refractivity contribution is 5.69. The van der Waals surface area contributed by atoms with E-state index in [1.807, 2.05) is 6.07 Å². The highest BCUT2D eigenvalue weighted by Crippen LogP contribution is 2.33. The zero-order valence-corrected chi connectivity index (χ0v) is 15.8. The monoisotopic (exact) mass is 429 g/mol. The maximum Gasteiger partial charge on any atom is 0.419 e. The molecule has 0 aliphatic heterocycles. The Morgan fingerprint density at radius 1 is 1.03 bits per heavy atom. The molecular weight excluding hydrogens is 417 g/mol. The van der Waals surface area contributed by atoms with Gasteiger partial charge in [-0.1, -0.05) is 0 Å². The highest BCUT2D eigenvalue weighted by atomic mass is 19.4. The fourth-order valence-corrected chi connectivity index (χ4v) is 3.20. The van der Waals surface area contributed by atoms with Gasteiger partial charge in [0.25, 0.3) is 0 Å². The molecule has 0 aliphatic carbocycles. The first-order valence-electron chi connectivity index (χ1n) is 8.86. The molecule has 0 spiro atoms. The van der Waals surface area contributed by atoms with Crippen molar-refractivity contribution in [3.8, 4) is 17.5 Å². The van der Waals surface area contributed by atoms with E-state index in [0.717, 1.165) is 6.07 Å². The summed E-state index contributed by atoms with van der Waals surface area (Å²) in [5, 5.41) is 12.1. The van der Waals surface area contributed by atoms with Crippen LogP contribution in [-0.4, -0.2) is 14.4 Å². The van der Waals surface area contributed by atoms with E-state index in [9.17, 15) is 27.2 Å².